The van der Waals surface area contributed by atoms with Crippen molar-refractivity contribution in [3.05, 3.63) is 34.9 Å². The molecule has 0 saturated heterocycles. The standard InChI is InChI=1S/C19H27NO5/c1-6-24-17(21)13-8-7-12-9-10-15(16(23-5)14(12)11-13)20-18(22)25-19(2,3)4/h7-8,11,15-16H,6,9-10H2,1-5H3,(H,20,22)/t15?,16-/m1/s1. The molecule has 0 fully saturated rings. The van der Waals surface area contributed by atoms with Crippen LogP contribution in [0, 0.1) is 0 Å². The molecular formula is C19H27NO5. The molecule has 1 aliphatic rings. The Hall–Kier alpha value is -2.08. The van der Waals surface area contributed by atoms with Gasteiger partial charge in [0.2, 0.25) is 0 Å². The van der Waals surface area contributed by atoms with E-state index in [4.69, 9.17) is 14.2 Å². The van der Waals surface area contributed by atoms with Crippen LogP contribution in [0.15, 0.2) is 18.2 Å². The fourth-order valence-corrected chi connectivity index (χ4v) is 3.01. The van der Waals surface area contributed by atoms with Gasteiger partial charge >= 0.3 is 12.1 Å². The van der Waals surface area contributed by atoms with Crippen LogP contribution in [0.4, 0.5) is 4.79 Å². The smallest absolute Gasteiger partial charge is 0.407 e. The maximum Gasteiger partial charge on any atom is 0.407 e. The van der Waals surface area contributed by atoms with Gasteiger partial charge in [0.25, 0.3) is 0 Å². The van der Waals surface area contributed by atoms with E-state index in [0.717, 1.165) is 24.0 Å². The largest absolute Gasteiger partial charge is 0.462 e. The van der Waals surface area contributed by atoms with Crippen molar-refractivity contribution in [2.24, 2.45) is 0 Å². The lowest BCUT2D eigenvalue weighted by atomic mass is 9.84. The normalized spacial score (nSPS) is 19.7. The van der Waals surface area contributed by atoms with Crippen LogP contribution >= 0.6 is 0 Å². The molecule has 0 aliphatic heterocycles. The third-order valence-corrected chi connectivity index (χ3v) is 4.01. The van der Waals surface area contributed by atoms with Gasteiger partial charge in [0.1, 0.15) is 11.7 Å². The number of esters is 1. The molecule has 1 aromatic rings. The molecule has 0 heterocycles. The monoisotopic (exact) mass is 349 g/mol. The molecule has 6 heteroatoms. The van der Waals surface area contributed by atoms with Crippen molar-refractivity contribution in [1.82, 2.24) is 5.32 Å². The van der Waals surface area contributed by atoms with Gasteiger partial charge in [-0.3, -0.25) is 0 Å². The minimum atomic E-state index is -0.559. The number of aryl methyl sites for hydroxylation is 1. The van der Waals surface area contributed by atoms with Crippen molar-refractivity contribution >= 4 is 12.1 Å². The predicted octanol–water partition coefficient (Wildman–Crippen LogP) is 3.39. The average Bonchev–Trinajstić information content (AvgIpc) is 2.52. The van der Waals surface area contributed by atoms with Gasteiger partial charge in [-0.25, -0.2) is 9.59 Å². The van der Waals surface area contributed by atoms with Gasteiger partial charge in [-0.2, -0.15) is 0 Å². The molecule has 1 aromatic carbocycles. The van der Waals surface area contributed by atoms with E-state index >= 15 is 0 Å². The van der Waals surface area contributed by atoms with Crippen molar-refractivity contribution in [2.45, 2.75) is 58.3 Å². The maximum absolute atomic E-state index is 12.1. The predicted molar refractivity (Wildman–Crippen MR) is 93.6 cm³/mol. The van der Waals surface area contributed by atoms with Crippen molar-refractivity contribution in [1.29, 1.82) is 0 Å². The molecule has 2 atom stereocenters. The van der Waals surface area contributed by atoms with E-state index in [2.05, 4.69) is 5.32 Å². The topological polar surface area (TPSA) is 73.9 Å². The zero-order valence-electron chi connectivity index (χ0n) is 15.5. The second-order valence-corrected chi connectivity index (χ2v) is 7.08. The summed E-state index contributed by atoms with van der Waals surface area (Å²) >= 11 is 0. The summed E-state index contributed by atoms with van der Waals surface area (Å²) in [6.45, 7) is 7.56. The summed E-state index contributed by atoms with van der Waals surface area (Å²) in [5.74, 6) is -0.359. The van der Waals surface area contributed by atoms with Crippen LogP contribution in [-0.2, 0) is 20.6 Å². The molecule has 0 bridgehead atoms. The SMILES string of the molecule is CCOC(=O)c1ccc2c(c1)[C@@H](OC)C(NC(=O)OC(C)(C)C)CC2. The summed E-state index contributed by atoms with van der Waals surface area (Å²) in [6.07, 6.45) is 0.720. The van der Waals surface area contributed by atoms with Crippen LogP contribution in [0.1, 0.15) is 61.7 Å². The zero-order chi connectivity index (χ0) is 18.6. The molecule has 0 radical (unpaired) electrons. The number of hydrogen-bond acceptors (Lipinski definition) is 5. The van der Waals surface area contributed by atoms with Crippen LogP contribution in [-0.4, -0.2) is 37.4 Å². The van der Waals surface area contributed by atoms with Crippen LogP contribution in [0.3, 0.4) is 0 Å². The van der Waals surface area contributed by atoms with E-state index in [0.29, 0.717) is 12.2 Å². The van der Waals surface area contributed by atoms with Crippen LogP contribution in [0.5, 0.6) is 0 Å². The Kier molecular flexibility index (Phi) is 6.06. The molecule has 1 amide bonds. The number of amides is 1. The van der Waals surface area contributed by atoms with Crippen LogP contribution in [0.25, 0.3) is 0 Å². The van der Waals surface area contributed by atoms with Crippen molar-refractivity contribution in [2.75, 3.05) is 13.7 Å². The van der Waals surface area contributed by atoms with Crippen molar-refractivity contribution in [3.8, 4) is 0 Å². The van der Waals surface area contributed by atoms with E-state index in [-0.39, 0.29) is 18.1 Å². The molecule has 6 nitrogen and oxygen atoms in total. The molecule has 138 valence electrons. The highest BCUT2D eigenvalue weighted by atomic mass is 16.6. The summed E-state index contributed by atoms with van der Waals surface area (Å²) in [7, 11) is 1.60. The lowest BCUT2D eigenvalue weighted by molar-refractivity contribution is 0.0288. The maximum atomic E-state index is 12.1. The lowest BCUT2D eigenvalue weighted by Crippen LogP contribution is -2.44. The van der Waals surface area contributed by atoms with E-state index in [9.17, 15) is 9.59 Å². The molecule has 2 rings (SSSR count). The number of benzene rings is 1. The Morgan fingerprint density at radius 2 is 2.00 bits per heavy atom. The number of hydrogen-bond donors (Lipinski definition) is 1. The highest BCUT2D eigenvalue weighted by Crippen LogP contribution is 2.33. The third-order valence-electron chi connectivity index (χ3n) is 4.01. The second-order valence-electron chi connectivity index (χ2n) is 7.08. The zero-order valence-corrected chi connectivity index (χ0v) is 15.5. The molecule has 0 spiro atoms. The number of nitrogens with one attached hydrogen (secondary N) is 1. The minimum Gasteiger partial charge on any atom is -0.462 e. The van der Waals surface area contributed by atoms with Crippen molar-refractivity contribution < 1.29 is 23.8 Å². The van der Waals surface area contributed by atoms with Crippen molar-refractivity contribution in [3.63, 3.8) is 0 Å². The number of methoxy groups -OCH3 is 1. The summed E-state index contributed by atoms with van der Waals surface area (Å²) < 4.78 is 16.0. The van der Waals surface area contributed by atoms with Crippen LogP contribution < -0.4 is 5.32 Å². The second kappa shape index (κ2) is 7.87. The van der Waals surface area contributed by atoms with E-state index in [1.807, 2.05) is 26.8 Å². The van der Waals surface area contributed by atoms with Gasteiger partial charge in [-0.1, -0.05) is 6.07 Å². The number of alkyl carbamates (subject to hydrolysis) is 1. The van der Waals surface area contributed by atoms with Crippen LogP contribution in [0.2, 0.25) is 0 Å². The Bertz CT molecular complexity index is 635. The summed E-state index contributed by atoms with van der Waals surface area (Å²) in [4.78, 5) is 24.1. The average molecular weight is 349 g/mol. The summed E-state index contributed by atoms with van der Waals surface area (Å²) in [6, 6.07) is 5.28. The summed E-state index contributed by atoms with van der Waals surface area (Å²) in [5.41, 5.74) is 1.94. The van der Waals surface area contributed by atoms with Gasteiger partial charge in [0, 0.05) is 7.11 Å². The van der Waals surface area contributed by atoms with Gasteiger partial charge in [0.05, 0.1) is 18.2 Å². The van der Waals surface area contributed by atoms with E-state index in [1.165, 1.54) is 0 Å². The molecular weight excluding hydrogens is 322 g/mol. The fourth-order valence-electron chi connectivity index (χ4n) is 3.01. The van der Waals surface area contributed by atoms with E-state index in [1.54, 1.807) is 26.2 Å². The highest BCUT2D eigenvalue weighted by Gasteiger charge is 2.32. The Labute approximate surface area is 148 Å². The fraction of sp³-hybridized carbons (Fsp3) is 0.579. The van der Waals surface area contributed by atoms with Gasteiger partial charge in [-0.05, 0) is 63.8 Å². The minimum absolute atomic E-state index is 0.218. The molecule has 25 heavy (non-hydrogen) atoms. The first-order valence-electron chi connectivity index (χ1n) is 8.57. The van der Waals surface area contributed by atoms with Gasteiger partial charge in [-0.15, -0.1) is 0 Å². The number of carbonyl (C=O) groups is 2. The lowest BCUT2D eigenvalue weighted by Gasteiger charge is -2.34. The molecule has 1 aliphatic carbocycles. The Morgan fingerprint density at radius 1 is 1.28 bits per heavy atom. The van der Waals surface area contributed by atoms with Gasteiger partial charge in [0.15, 0.2) is 0 Å². The first-order valence-corrected chi connectivity index (χ1v) is 8.57. The first kappa shape index (κ1) is 19.2. The number of rotatable bonds is 4. The number of fused-ring (bicyclic) bond motifs is 1. The Morgan fingerprint density at radius 3 is 2.60 bits per heavy atom. The Balaban J connectivity index is 2.20. The van der Waals surface area contributed by atoms with Gasteiger partial charge < -0.3 is 19.5 Å². The molecule has 0 saturated carbocycles. The third kappa shape index (κ3) is 4.95. The molecule has 1 N–H and O–H groups in total. The number of ether oxygens (including phenoxy) is 3. The molecule has 1 unspecified atom stereocenters. The quantitative estimate of drug-likeness (QED) is 0.844. The molecule has 0 aromatic heterocycles. The number of carbonyl (C=O) groups excluding carboxylic acids is 2. The highest BCUT2D eigenvalue weighted by molar-refractivity contribution is 5.89. The first-order chi connectivity index (χ1) is 11.7. The van der Waals surface area contributed by atoms with E-state index < -0.39 is 11.7 Å². The summed E-state index contributed by atoms with van der Waals surface area (Å²) in [5, 5.41) is 2.89.